The third-order valence-electron chi connectivity index (χ3n) is 2.70. The first kappa shape index (κ1) is 16.2. The highest BCUT2D eigenvalue weighted by Gasteiger charge is 1.90. The molecule has 2 nitrogen and oxygen atoms in total. The zero-order valence-corrected chi connectivity index (χ0v) is 11.0. The van der Waals surface area contributed by atoms with Gasteiger partial charge in [0.2, 0.25) is 0 Å². The Kier molecular flexibility index (Phi) is 7.45. The predicted octanol–water partition coefficient (Wildman–Crippen LogP) is 4.01. The zero-order chi connectivity index (χ0) is 12.7. The molecule has 2 heteroatoms. The maximum atomic E-state index is 3.88. The van der Waals surface area contributed by atoms with Gasteiger partial charge in [0.25, 0.3) is 0 Å². The molecule has 0 aliphatic heterocycles. The Morgan fingerprint density at radius 1 is 0.944 bits per heavy atom. The molecule has 0 spiro atoms. The summed E-state index contributed by atoms with van der Waals surface area (Å²) < 4.78 is 2.17. The van der Waals surface area contributed by atoms with E-state index in [1.54, 1.807) is 7.05 Å². The molecule has 1 aromatic heterocycles. The zero-order valence-electron chi connectivity index (χ0n) is 11.0. The Balaban J connectivity index is 0.000000306. The van der Waals surface area contributed by atoms with Crippen molar-refractivity contribution in [1.29, 1.82) is 0 Å². The number of hydrogen-bond acceptors (Lipinski definition) is 1. The molecule has 0 bridgehead atoms. The molecule has 2 aromatic rings. The van der Waals surface area contributed by atoms with Crippen LogP contribution in [0.1, 0.15) is 24.4 Å². The van der Waals surface area contributed by atoms with Crippen LogP contribution in [0.15, 0.2) is 47.5 Å². The lowest BCUT2D eigenvalue weighted by Gasteiger charge is -1.96. The van der Waals surface area contributed by atoms with Crippen LogP contribution in [0.3, 0.4) is 0 Å². The summed E-state index contributed by atoms with van der Waals surface area (Å²) in [5.74, 6) is 0. The van der Waals surface area contributed by atoms with E-state index in [4.69, 9.17) is 0 Å². The van der Waals surface area contributed by atoms with Gasteiger partial charge in [0.1, 0.15) is 0 Å². The summed E-state index contributed by atoms with van der Waals surface area (Å²) in [5.41, 5.74) is 3.80. The topological polar surface area (TPSA) is 17.3 Å². The van der Waals surface area contributed by atoms with Crippen LogP contribution in [0.5, 0.6) is 0 Å². The molecule has 98 valence electrons. The molecular formula is C16H24N2. The van der Waals surface area contributed by atoms with Crippen LogP contribution in [0.25, 0.3) is 0 Å². The Morgan fingerprint density at radius 2 is 1.44 bits per heavy atom. The van der Waals surface area contributed by atoms with Gasteiger partial charge in [-0.3, -0.25) is 4.99 Å². The normalized spacial score (nSPS) is 9.56. The molecule has 1 aromatic carbocycles. The van der Waals surface area contributed by atoms with Crippen molar-refractivity contribution in [2.45, 2.75) is 21.3 Å². The lowest BCUT2D eigenvalue weighted by molar-refractivity contribution is 0.844. The van der Waals surface area contributed by atoms with Crippen LogP contribution in [-0.2, 0) is 7.05 Å². The van der Waals surface area contributed by atoms with Crippen molar-refractivity contribution in [2.75, 3.05) is 7.05 Å². The maximum absolute atomic E-state index is 3.88. The number of aromatic nitrogens is 1. The van der Waals surface area contributed by atoms with E-state index in [0.29, 0.717) is 0 Å². The number of benzene rings is 1. The summed E-state index contributed by atoms with van der Waals surface area (Å²) in [7, 11) is 3.84. The van der Waals surface area contributed by atoms with Gasteiger partial charge in [-0.05, 0) is 31.5 Å². The van der Waals surface area contributed by atoms with Crippen LogP contribution in [0, 0.1) is 13.8 Å². The summed E-state index contributed by atoms with van der Waals surface area (Å²) in [4.78, 5) is 3.88. The third kappa shape index (κ3) is 5.00. The molecule has 0 N–H and O–H groups in total. The van der Waals surface area contributed by atoms with Crippen molar-refractivity contribution in [2.24, 2.45) is 12.0 Å². The highest BCUT2D eigenvalue weighted by Crippen LogP contribution is 2.02. The highest BCUT2D eigenvalue weighted by molar-refractivity contribution is 5.79. The fraction of sp³-hybridized carbons (Fsp3) is 0.312. The van der Waals surface area contributed by atoms with E-state index >= 15 is 0 Å². The first-order valence-corrected chi connectivity index (χ1v) is 5.71. The van der Waals surface area contributed by atoms with Gasteiger partial charge >= 0.3 is 0 Å². The van der Waals surface area contributed by atoms with Gasteiger partial charge in [0.15, 0.2) is 0 Å². The second-order valence-corrected chi connectivity index (χ2v) is 3.97. The van der Waals surface area contributed by atoms with E-state index in [1.807, 2.05) is 36.5 Å². The molecule has 0 aliphatic carbocycles. The van der Waals surface area contributed by atoms with Crippen molar-refractivity contribution >= 4 is 6.21 Å². The molecule has 0 saturated carbocycles. The fourth-order valence-corrected chi connectivity index (χ4v) is 1.43. The first-order chi connectivity index (χ1) is 8.15. The van der Waals surface area contributed by atoms with Crippen LogP contribution in [0.2, 0.25) is 0 Å². The molecule has 0 atom stereocenters. The van der Waals surface area contributed by atoms with Gasteiger partial charge in [-0.25, -0.2) is 0 Å². The van der Waals surface area contributed by atoms with E-state index < -0.39 is 0 Å². The molecule has 0 amide bonds. The Bertz CT molecular complexity index is 448. The molecule has 18 heavy (non-hydrogen) atoms. The lowest BCUT2D eigenvalue weighted by atomic mass is 10.2. The molecular weight excluding hydrogens is 220 g/mol. The Morgan fingerprint density at radius 3 is 1.78 bits per heavy atom. The number of hydrogen-bond donors (Lipinski definition) is 0. The van der Waals surface area contributed by atoms with Gasteiger partial charge in [0, 0.05) is 31.7 Å². The number of aliphatic imine (C=N–C) groups is 1. The van der Waals surface area contributed by atoms with Gasteiger partial charge in [-0.15, -0.1) is 0 Å². The highest BCUT2D eigenvalue weighted by atomic mass is 14.9. The van der Waals surface area contributed by atoms with Crippen molar-refractivity contribution in [3.63, 3.8) is 0 Å². The Hall–Kier alpha value is -1.83. The smallest absolute Gasteiger partial charge is 0.0281 e. The van der Waals surface area contributed by atoms with Gasteiger partial charge < -0.3 is 4.57 Å². The summed E-state index contributed by atoms with van der Waals surface area (Å²) in [6.45, 7) is 4.21. The van der Waals surface area contributed by atoms with E-state index in [2.05, 4.69) is 42.6 Å². The lowest BCUT2D eigenvalue weighted by Crippen LogP contribution is -1.91. The number of rotatable bonds is 1. The SMILES string of the molecule is C.CN=Cc1ccccc1.Cc1ccc(C)n1C. The van der Waals surface area contributed by atoms with E-state index in [0.717, 1.165) is 5.56 Å². The largest absolute Gasteiger partial charge is 0.352 e. The summed E-state index contributed by atoms with van der Waals surface area (Å²) in [6, 6.07) is 14.3. The van der Waals surface area contributed by atoms with Crippen molar-refractivity contribution < 1.29 is 0 Å². The molecule has 0 radical (unpaired) electrons. The van der Waals surface area contributed by atoms with Gasteiger partial charge in [-0.2, -0.15) is 0 Å². The second-order valence-electron chi connectivity index (χ2n) is 3.97. The standard InChI is InChI=1S/C8H9N.C7H11N.CH4/c1-9-7-8-5-3-2-4-6-8;1-6-4-5-7(2)8(6)3;/h2-7H,1H3;4-5H,1-3H3;1H4. The minimum absolute atomic E-state index is 0. The van der Waals surface area contributed by atoms with Crippen LogP contribution in [0.4, 0.5) is 0 Å². The van der Waals surface area contributed by atoms with Gasteiger partial charge in [0.05, 0.1) is 0 Å². The molecule has 0 saturated heterocycles. The molecule has 0 unspecified atom stereocenters. The molecule has 2 rings (SSSR count). The summed E-state index contributed by atoms with van der Waals surface area (Å²) in [6.07, 6.45) is 1.83. The van der Waals surface area contributed by atoms with E-state index in [-0.39, 0.29) is 7.43 Å². The van der Waals surface area contributed by atoms with Crippen molar-refractivity contribution in [3.05, 3.63) is 59.4 Å². The molecule has 0 aliphatic rings. The predicted molar refractivity (Wildman–Crippen MR) is 81.6 cm³/mol. The average molecular weight is 244 g/mol. The first-order valence-electron chi connectivity index (χ1n) is 5.71. The average Bonchev–Trinajstić information content (AvgIpc) is 2.63. The van der Waals surface area contributed by atoms with Crippen LogP contribution in [-0.4, -0.2) is 17.8 Å². The molecule has 0 fully saturated rings. The number of nitrogens with zero attached hydrogens (tertiary/aromatic N) is 2. The number of aryl methyl sites for hydroxylation is 2. The minimum atomic E-state index is 0. The van der Waals surface area contributed by atoms with Crippen molar-refractivity contribution in [1.82, 2.24) is 4.57 Å². The minimum Gasteiger partial charge on any atom is -0.352 e. The monoisotopic (exact) mass is 244 g/mol. The van der Waals surface area contributed by atoms with Crippen LogP contribution < -0.4 is 0 Å². The third-order valence-corrected chi connectivity index (χ3v) is 2.70. The second kappa shape index (κ2) is 8.29. The van der Waals surface area contributed by atoms with E-state index in [9.17, 15) is 0 Å². The summed E-state index contributed by atoms with van der Waals surface area (Å²) >= 11 is 0. The summed E-state index contributed by atoms with van der Waals surface area (Å²) in [5, 5.41) is 0. The van der Waals surface area contributed by atoms with Crippen LogP contribution >= 0.6 is 0 Å². The van der Waals surface area contributed by atoms with Gasteiger partial charge in [-0.1, -0.05) is 37.8 Å². The Labute approximate surface area is 111 Å². The molecule has 1 heterocycles. The maximum Gasteiger partial charge on any atom is 0.0281 e. The fourth-order valence-electron chi connectivity index (χ4n) is 1.43. The van der Waals surface area contributed by atoms with Crippen molar-refractivity contribution in [3.8, 4) is 0 Å². The van der Waals surface area contributed by atoms with E-state index in [1.165, 1.54) is 11.4 Å². The quantitative estimate of drug-likeness (QED) is 0.674.